The Morgan fingerprint density at radius 3 is 2.83 bits per heavy atom. The molecule has 3 rings (SSSR count). The number of rotatable bonds is 7. The summed E-state index contributed by atoms with van der Waals surface area (Å²) in [6.07, 6.45) is 8.39. The van der Waals surface area contributed by atoms with Crippen LogP contribution in [0.4, 0.5) is 0 Å². The van der Waals surface area contributed by atoms with Crippen LogP contribution in [0.25, 0.3) is 0 Å². The molecule has 0 radical (unpaired) electrons. The van der Waals surface area contributed by atoms with Crippen molar-refractivity contribution in [1.82, 2.24) is 24.3 Å². The van der Waals surface area contributed by atoms with E-state index >= 15 is 0 Å². The third-order valence-corrected chi connectivity index (χ3v) is 4.77. The third kappa shape index (κ3) is 4.18. The number of hydrogen-bond acceptors (Lipinski definition) is 4. The van der Waals surface area contributed by atoms with Gasteiger partial charge in [0.05, 0.1) is 12.2 Å². The average Bonchev–Trinajstić information content (AvgIpc) is 3.17. The summed E-state index contributed by atoms with van der Waals surface area (Å²) in [6.45, 7) is 7.47. The van der Waals surface area contributed by atoms with Crippen molar-refractivity contribution in [2.45, 2.75) is 38.9 Å². The van der Waals surface area contributed by atoms with Crippen LogP contribution in [0, 0.1) is 0 Å². The van der Waals surface area contributed by atoms with Gasteiger partial charge < -0.3 is 4.57 Å². The second-order valence-corrected chi connectivity index (χ2v) is 6.37. The Balaban J connectivity index is 1.71. The highest BCUT2D eigenvalue weighted by Crippen LogP contribution is 2.19. The zero-order valence-electron chi connectivity index (χ0n) is 14.2. The molecule has 1 aliphatic rings. The number of hydrogen-bond donors (Lipinski definition) is 0. The number of likely N-dealkylation sites (tertiary alicyclic amines) is 1. The van der Waals surface area contributed by atoms with Crippen LogP contribution in [0.15, 0.2) is 36.8 Å². The van der Waals surface area contributed by atoms with Gasteiger partial charge in [-0.25, -0.2) is 4.98 Å². The summed E-state index contributed by atoms with van der Waals surface area (Å²) in [6, 6.07) is 6.80. The highest BCUT2D eigenvalue weighted by molar-refractivity contribution is 5.04. The van der Waals surface area contributed by atoms with Crippen LogP contribution in [0.3, 0.4) is 0 Å². The summed E-state index contributed by atoms with van der Waals surface area (Å²) in [5.41, 5.74) is 1.13. The molecular formula is C18H27N5. The van der Waals surface area contributed by atoms with E-state index in [-0.39, 0.29) is 0 Å². The van der Waals surface area contributed by atoms with Crippen LogP contribution in [0.2, 0.25) is 0 Å². The van der Waals surface area contributed by atoms with E-state index < -0.39 is 0 Å². The summed E-state index contributed by atoms with van der Waals surface area (Å²) in [5, 5.41) is 0. The highest BCUT2D eigenvalue weighted by Gasteiger charge is 2.25. The molecule has 1 fully saturated rings. The molecule has 0 bridgehead atoms. The second kappa shape index (κ2) is 7.70. The zero-order valence-corrected chi connectivity index (χ0v) is 14.2. The molecule has 0 N–H and O–H groups in total. The lowest BCUT2D eigenvalue weighted by molar-refractivity contribution is 0.161. The number of likely N-dealkylation sites (N-methyl/N-ethyl adjacent to an activating group) is 1. The van der Waals surface area contributed by atoms with E-state index in [1.54, 1.807) is 0 Å². The van der Waals surface area contributed by atoms with E-state index in [1.807, 2.05) is 24.7 Å². The van der Waals surface area contributed by atoms with Gasteiger partial charge in [0, 0.05) is 44.8 Å². The molecule has 1 saturated heterocycles. The van der Waals surface area contributed by atoms with Crippen LogP contribution < -0.4 is 0 Å². The van der Waals surface area contributed by atoms with Gasteiger partial charge in [-0.05, 0) is 38.1 Å². The summed E-state index contributed by atoms with van der Waals surface area (Å²) < 4.78 is 2.11. The molecule has 2 aromatic rings. The lowest BCUT2D eigenvalue weighted by Crippen LogP contribution is -2.40. The molecule has 0 amide bonds. The van der Waals surface area contributed by atoms with Crippen LogP contribution in [-0.4, -0.2) is 50.0 Å². The molecule has 23 heavy (non-hydrogen) atoms. The third-order valence-electron chi connectivity index (χ3n) is 4.77. The lowest BCUT2D eigenvalue weighted by atomic mass is 10.2. The van der Waals surface area contributed by atoms with Crippen LogP contribution in [-0.2, 0) is 20.1 Å². The molecule has 3 heterocycles. The van der Waals surface area contributed by atoms with Gasteiger partial charge in [-0.15, -0.1) is 0 Å². The first-order valence-corrected chi connectivity index (χ1v) is 8.58. The molecule has 0 spiro atoms. The summed E-state index contributed by atoms with van der Waals surface area (Å²) in [4.78, 5) is 14.1. The van der Waals surface area contributed by atoms with Gasteiger partial charge in [0.25, 0.3) is 0 Å². The van der Waals surface area contributed by atoms with Crippen LogP contribution in [0.1, 0.15) is 31.3 Å². The van der Waals surface area contributed by atoms with Crippen molar-refractivity contribution >= 4 is 0 Å². The molecule has 1 unspecified atom stereocenters. The van der Waals surface area contributed by atoms with E-state index in [9.17, 15) is 0 Å². The largest absolute Gasteiger partial charge is 0.337 e. The molecule has 0 saturated carbocycles. The minimum Gasteiger partial charge on any atom is -0.337 e. The number of pyridine rings is 1. The minimum absolute atomic E-state index is 0.656. The number of imidazole rings is 1. The maximum Gasteiger partial charge on any atom is 0.122 e. The molecule has 1 aliphatic heterocycles. The number of nitrogens with zero attached hydrogens (tertiary/aromatic N) is 5. The lowest BCUT2D eigenvalue weighted by Gasteiger charge is -2.30. The predicted octanol–water partition coefficient (Wildman–Crippen LogP) is 2.30. The summed E-state index contributed by atoms with van der Waals surface area (Å²) in [5.74, 6) is 1.11. The quantitative estimate of drug-likeness (QED) is 0.786. The Labute approximate surface area is 139 Å². The van der Waals surface area contributed by atoms with Crippen molar-refractivity contribution in [3.05, 3.63) is 48.3 Å². The van der Waals surface area contributed by atoms with Gasteiger partial charge in [-0.3, -0.25) is 14.8 Å². The monoisotopic (exact) mass is 313 g/mol. The molecule has 2 aromatic heterocycles. The first kappa shape index (κ1) is 16.1. The van der Waals surface area contributed by atoms with Gasteiger partial charge in [0.2, 0.25) is 0 Å². The molecule has 5 nitrogen and oxygen atoms in total. The summed E-state index contributed by atoms with van der Waals surface area (Å²) in [7, 11) is 2.06. The van der Waals surface area contributed by atoms with Gasteiger partial charge in [-0.2, -0.15) is 0 Å². The van der Waals surface area contributed by atoms with Gasteiger partial charge >= 0.3 is 0 Å². The standard InChI is InChI=1S/C18H27N5/c1-3-23-11-6-8-17(23)14-22(13-16-7-4-5-9-19-16)15-18-20-10-12-21(18)2/h4-5,7,9-10,12,17H,3,6,8,11,13-15H2,1-2H3. The fourth-order valence-corrected chi connectivity index (χ4v) is 3.47. The summed E-state index contributed by atoms with van der Waals surface area (Å²) >= 11 is 0. The van der Waals surface area contributed by atoms with Crippen molar-refractivity contribution < 1.29 is 0 Å². The predicted molar refractivity (Wildman–Crippen MR) is 91.8 cm³/mol. The Morgan fingerprint density at radius 1 is 1.22 bits per heavy atom. The van der Waals surface area contributed by atoms with Gasteiger partial charge in [0.15, 0.2) is 0 Å². The Hall–Kier alpha value is -1.72. The number of aryl methyl sites for hydroxylation is 1. The smallest absolute Gasteiger partial charge is 0.122 e. The van der Waals surface area contributed by atoms with Crippen molar-refractivity contribution in [3.63, 3.8) is 0 Å². The van der Waals surface area contributed by atoms with Gasteiger partial charge in [-0.1, -0.05) is 13.0 Å². The Morgan fingerprint density at radius 2 is 2.13 bits per heavy atom. The fourth-order valence-electron chi connectivity index (χ4n) is 3.47. The number of aromatic nitrogens is 3. The van der Waals surface area contributed by atoms with Crippen molar-refractivity contribution in [2.24, 2.45) is 7.05 Å². The first-order chi connectivity index (χ1) is 11.3. The van der Waals surface area contributed by atoms with E-state index in [4.69, 9.17) is 0 Å². The zero-order chi connectivity index (χ0) is 16.1. The van der Waals surface area contributed by atoms with Crippen molar-refractivity contribution in [1.29, 1.82) is 0 Å². The highest BCUT2D eigenvalue weighted by atomic mass is 15.2. The Kier molecular flexibility index (Phi) is 5.41. The topological polar surface area (TPSA) is 37.2 Å². The molecule has 0 aliphatic carbocycles. The molecule has 5 heteroatoms. The molecule has 0 aromatic carbocycles. The molecular weight excluding hydrogens is 286 g/mol. The molecule has 1 atom stereocenters. The minimum atomic E-state index is 0.656. The SMILES string of the molecule is CCN1CCCC1CN(Cc1ccccn1)Cc1nccn1C. The van der Waals surface area contributed by atoms with E-state index in [0.717, 1.165) is 37.7 Å². The maximum absolute atomic E-state index is 4.50. The van der Waals surface area contributed by atoms with Crippen LogP contribution in [0.5, 0.6) is 0 Å². The maximum atomic E-state index is 4.50. The normalized spacial score (nSPS) is 18.8. The fraction of sp³-hybridized carbons (Fsp3) is 0.556. The second-order valence-electron chi connectivity index (χ2n) is 6.37. The van der Waals surface area contributed by atoms with E-state index in [1.165, 1.54) is 19.4 Å². The van der Waals surface area contributed by atoms with Crippen molar-refractivity contribution in [2.75, 3.05) is 19.6 Å². The average molecular weight is 313 g/mol. The van der Waals surface area contributed by atoms with Crippen LogP contribution >= 0.6 is 0 Å². The Bertz CT molecular complexity index is 594. The van der Waals surface area contributed by atoms with Crippen molar-refractivity contribution in [3.8, 4) is 0 Å². The van der Waals surface area contributed by atoms with Gasteiger partial charge in [0.1, 0.15) is 5.82 Å². The first-order valence-electron chi connectivity index (χ1n) is 8.58. The molecule has 124 valence electrons. The van der Waals surface area contributed by atoms with E-state index in [0.29, 0.717) is 6.04 Å². The van der Waals surface area contributed by atoms with E-state index in [2.05, 4.69) is 50.4 Å².